The molecule has 126 valence electrons. The Hall–Kier alpha value is -3.47. The fraction of sp³-hybridized carbons (Fsp3) is 0. The summed E-state index contributed by atoms with van der Waals surface area (Å²) in [5.74, 6) is -2.37. The van der Waals surface area contributed by atoms with Crippen molar-refractivity contribution in [1.29, 1.82) is 0 Å². The molecule has 5 heteroatoms. The van der Waals surface area contributed by atoms with Gasteiger partial charge in [0, 0.05) is 23.3 Å². The number of ketones is 1. The minimum atomic E-state index is -1.03. The highest BCUT2D eigenvalue weighted by Crippen LogP contribution is 2.26. The number of aromatic nitrogens is 2. The molecule has 0 atom stereocenters. The number of hydrogen-bond donors (Lipinski definition) is 0. The van der Waals surface area contributed by atoms with Crippen molar-refractivity contribution >= 4 is 16.8 Å². The monoisotopic (exact) mass is 346 g/mol. The summed E-state index contributed by atoms with van der Waals surface area (Å²) in [5, 5.41) is 0. The van der Waals surface area contributed by atoms with Crippen LogP contribution in [0.1, 0.15) is 16.1 Å². The van der Waals surface area contributed by atoms with Crippen LogP contribution in [0.4, 0.5) is 8.78 Å². The molecular formula is C21H12F2N2O. The second-order valence-electron chi connectivity index (χ2n) is 5.74. The number of nitrogens with zero attached hydrogens (tertiary/aromatic N) is 2. The third-order valence-corrected chi connectivity index (χ3v) is 4.00. The number of benzene rings is 3. The molecule has 3 aromatic carbocycles. The summed E-state index contributed by atoms with van der Waals surface area (Å²) in [6.07, 6.45) is 0. The molecule has 0 amide bonds. The molecule has 0 aliphatic heterocycles. The highest BCUT2D eigenvalue weighted by molar-refractivity contribution is 6.11. The first-order valence-electron chi connectivity index (χ1n) is 7.95. The Morgan fingerprint density at radius 2 is 1.27 bits per heavy atom. The van der Waals surface area contributed by atoms with Gasteiger partial charge in [0.25, 0.3) is 0 Å². The van der Waals surface area contributed by atoms with Gasteiger partial charge < -0.3 is 0 Å². The molecule has 0 aliphatic carbocycles. The maximum atomic E-state index is 13.6. The summed E-state index contributed by atoms with van der Waals surface area (Å²) in [7, 11) is 0. The topological polar surface area (TPSA) is 42.9 Å². The SMILES string of the molecule is O=C(c1ccccc1)c1nc2cc(F)c(F)cc2nc1-c1ccccc1. The lowest BCUT2D eigenvalue weighted by molar-refractivity contribution is 0.103. The zero-order valence-corrected chi connectivity index (χ0v) is 13.5. The fourth-order valence-electron chi connectivity index (χ4n) is 2.73. The van der Waals surface area contributed by atoms with Crippen molar-refractivity contribution in [2.45, 2.75) is 0 Å². The normalized spacial score (nSPS) is 10.8. The van der Waals surface area contributed by atoms with Crippen molar-refractivity contribution in [3.05, 3.63) is 95.7 Å². The quantitative estimate of drug-likeness (QED) is 0.500. The zero-order valence-electron chi connectivity index (χ0n) is 13.5. The number of carbonyl (C=O) groups excluding carboxylic acids is 1. The van der Waals surface area contributed by atoms with Gasteiger partial charge in [-0.15, -0.1) is 0 Å². The Kier molecular flexibility index (Phi) is 3.97. The maximum absolute atomic E-state index is 13.6. The largest absolute Gasteiger partial charge is 0.287 e. The fourth-order valence-corrected chi connectivity index (χ4v) is 2.73. The molecule has 1 heterocycles. The molecule has 4 aromatic rings. The summed E-state index contributed by atoms with van der Waals surface area (Å²) in [6.45, 7) is 0. The first kappa shape index (κ1) is 16.0. The van der Waals surface area contributed by atoms with Crippen molar-refractivity contribution in [3.63, 3.8) is 0 Å². The van der Waals surface area contributed by atoms with Crippen LogP contribution in [0.5, 0.6) is 0 Å². The Balaban J connectivity index is 2.00. The summed E-state index contributed by atoms with van der Waals surface area (Å²) >= 11 is 0. The van der Waals surface area contributed by atoms with E-state index in [2.05, 4.69) is 9.97 Å². The van der Waals surface area contributed by atoms with Gasteiger partial charge in [0.1, 0.15) is 11.4 Å². The molecule has 4 rings (SSSR count). The van der Waals surface area contributed by atoms with Gasteiger partial charge in [0.15, 0.2) is 11.6 Å². The van der Waals surface area contributed by atoms with E-state index in [4.69, 9.17) is 0 Å². The summed E-state index contributed by atoms with van der Waals surface area (Å²) in [6, 6.07) is 19.6. The molecule has 26 heavy (non-hydrogen) atoms. The van der Waals surface area contributed by atoms with Crippen molar-refractivity contribution in [2.24, 2.45) is 0 Å². The Morgan fingerprint density at radius 3 is 1.88 bits per heavy atom. The van der Waals surface area contributed by atoms with E-state index in [0.717, 1.165) is 12.1 Å². The Morgan fingerprint density at radius 1 is 0.731 bits per heavy atom. The van der Waals surface area contributed by atoms with Crippen molar-refractivity contribution in [1.82, 2.24) is 9.97 Å². The van der Waals surface area contributed by atoms with Crippen molar-refractivity contribution in [3.8, 4) is 11.3 Å². The van der Waals surface area contributed by atoms with Gasteiger partial charge >= 0.3 is 0 Å². The lowest BCUT2D eigenvalue weighted by Gasteiger charge is -2.10. The third kappa shape index (κ3) is 2.84. The average Bonchev–Trinajstić information content (AvgIpc) is 2.69. The minimum absolute atomic E-state index is 0.0981. The van der Waals surface area contributed by atoms with E-state index >= 15 is 0 Å². The molecule has 0 fully saturated rings. The van der Waals surface area contributed by atoms with Crippen LogP contribution >= 0.6 is 0 Å². The second-order valence-corrected chi connectivity index (χ2v) is 5.74. The summed E-state index contributed by atoms with van der Waals surface area (Å²) < 4.78 is 27.2. The van der Waals surface area contributed by atoms with Gasteiger partial charge in [0.05, 0.1) is 11.0 Å². The molecule has 0 N–H and O–H groups in total. The van der Waals surface area contributed by atoms with Crippen LogP contribution in [0.15, 0.2) is 72.8 Å². The van der Waals surface area contributed by atoms with Gasteiger partial charge in [-0.25, -0.2) is 18.7 Å². The van der Waals surface area contributed by atoms with E-state index < -0.39 is 11.6 Å². The van der Waals surface area contributed by atoms with Crippen LogP contribution < -0.4 is 0 Å². The smallest absolute Gasteiger partial charge is 0.213 e. The molecule has 0 unspecified atom stereocenters. The maximum Gasteiger partial charge on any atom is 0.213 e. The molecule has 0 saturated heterocycles. The second kappa shape index (κ2) is 6.44. The lowest BCUT2D eigenvalue weighted by Crippen LogP contribution is -2.09. The molecule has 0 aliphatic rings. The number of halogens is 2. The van der Waals surface area contributed by atoms with Gasteiger partial charge in [-0.1, -0.05) is 60.7 Å². The predicted molar refractivity (Wildman–Crippen MR) is 94.8 cm³/mol. The Labute approximate surface area is 148 Å². The zero-order chi connectivity index (χ0) is 18.1. The summed E-state index contributed by atoms with van der Waals surface area (Å²) in [4.78, 5) is 21.7. The Bertz CT molecular complexity index is 1110. The van der Waals surface area contributed by atoms with E-state index in [9.17, 15) is 13.6 Å². The lowest BCUT2D eigenvalue weighted by atomic mass is 10.0. The standard InChI is InChI=1S/C21H12F2N2O/c22-15-11-17-18(12-16(15)23)25-20(21(26)14-9-5-2-6-10-14)19(24-17)13-7-3-1-4-8-13/h1-12H. The predicted octanol–water partition coefficient (Wildman–Crippen LogP) is 4.81. The molecule has 0 radical (unpaired) electrons. The van der Waals surface area contributed by atoms with Gasteiger partial charge in [0.2, 0.25) is 5.78 Å². The van der Waals surface area contributed by atoms with Gasteiger partial charge in [-0.2, -0.15) is 0 Å². The highest BCUT2D eigenvalue weighted by atomic mass is 19.2. The molecule has 1 aromatic heterocycles. The first-order chi connectivity index (χ1) is 12.6. The van der Waals surface area contributed by atoms with E-state index in [-0.39, 0.29) is 22.5 Å². The third-order valence-electron chi connectivity index (χ3n) is 4.00. The van der Waals surface area contributed by atoms with E-state index in [1.807, 2.05) is 18.2 Å². The highest BCUT2D eigenvalue weighted by Gasteiger charge is 2.20. The molecule has 0 bridgehead atoms. The minimum Gasteiger partial charge on any atom is -0.287 e. The van der Waals surface area contributed by atoms with Crippen LogP contribution in [0, 0.1) is 11.6 Å². The number of fused-ring (bicyclic) bond motifs is 1. The van der Waals surface area contributed by atoms with Crippen LogP contribution in [-0.4, -0.2) is 15.8 Å². The van der Waals surface area contributed by atoms with E-state index in [0.29, 0.717) is 16.8 Å². The van der Waals surface area contributed by atoms with Crippen molar-refractivity contribution in [2.75, 3.05) is 0 Å². The molecular weight excluding hydrogens is 334 g/mol. The molecule has 0 saturated carbocycles. The molecule has 3 nitrogen and oxygen atoms in total. The average molecular weight is 346 g/mol. The summed E-state index contributed by atoms with van der Waals surface area (Å²) in [5.41, 5.74) is 1.86. The first-order valence-corrected chi connectivity index (χ1v) is 7.95. The van der Waals surface area contributed by atoms with Crippen LogP contribution in [0.3, 0.4) is 0 Å². The van der Waals surface area contributed by atoms with Gasteiger partial charge in [-0.3, -0.25) is 4.79 Å². The number of rotatable bonds is 3. The number of hydrogen-bond acceptors (Lipinski definition) is 3. The molecule has 0 spiro atoms. The van der Waals surface area contributed by atoms with Crippen LogP contribution in [0.2, 0.25) is 0 Å². The van der Waals surface area contributed by atoms with Gasteiger partial charge in [-0.05, 0) is 0 Å². The van der Waals surface area contributed by atoms with E-state index in [1.165, 1.54) is 0 Å². The van der Waals surface area contributed by atoms with E-state index in [1.54, 1.807) is 42.5 Å². The van der Waals surface area contributed by atoms with Crippen LogP contribution in [0.25, 0.3) is 22.3 Å². The van der Waals surface area contributed by atoms with Crippen LogP contribution in [-0.2, 0) is 0 Å². The van der Waals surface area contributed by atoms with Crippen molar-refractivity contribution < 1.29 is 13.6 Å². The number of carbonyl (C=O) groups is 1.